The molecular weight excluding hydrogens is 204 g/mol. The highest BCUT2D eigenvalue weighted by molar-refractivity contribution is 5.70. The summed E-state index contributed by atoms with van der Waals surface area (Å²) in [4.78, 5) is 13.6. The molecule has 1 amide bonds. The lowest BCUT2D eigenvalue weighted by molar-refractivity contribution is -0.0107. The third kappa shape index (κ3) is 2.17. The van der Waals surface area contributed by atoms with E-state index in [1.165, 1.54) is 12.8 Å². The fourth-order valence-electron chi connectivity index (χ4n) is 2.88. The number of carbonyl (C=O) groups excluding carboxylic acids is 1. The lowest BCUT2D eigenvalue weighted by atomic mass is 9.90. The number of nitrogens with zero attached hydrogens (tertiary/aromatic N) is 1. The van der Waals surface area contributed by atoms with Gasteiger partial charge in [-0.1, -0.05) is 13.8 Å². The first-order valence-corrected chi connectivity index (χ1v) is 6.40. The minimum absolute atomic E-state index is 0.195. The second-order valence-corrected chi connectivity index (χ2v) is 4.93. The monoisotopic (exact) mass is 226 g/mol. The molecule has 2 rings (SSSR count). The van der Waals surface area contributed by atoms with Gasteiger partial charge in [-0.15, -0.1) is 0 Å². The molecule has 4 nitrogen and oxygen atoms in total. The van der Waals surface area contributed by atoms with E-state index in [2.05, 4.69) is 24.1 Å². The van der Waals surface area contributed by atoms with Crippen LogP contribution >= 0.6 is 0 Å². The molecule has 1 N–H and O–H groups in total. The van der Waals surface area contributed by atoms with Gasteiger partial charge >= 0.3 is 6.09 Å². The van der Waals surface area contributed by atoms with Crippen LogP contribution in [0.25, 0.3) is 0 Å². The Morgan fingerprint density at radius 3 is 2.44 bits per heavy atom. The van der Waals surface area contributed by atoms with E-state index in [1.54, 1.807) is 0 Å². The number of rotatable bonds is 3. The van der Waals surface area contributed by atoms with Crippen molar-refractivity contribution in [2.24, 2.45) is 0 Å². The smallest absolute Gasteiger partial charge is 0.407 e. The summed E-state index contributed by atoms with van der Waals surface area (Å²) in [6.45, 7) is 7.30. The third-order valence-corrected chi connectivity index (χ3v) is 4.03. The van der Waals surface area contributed by atoms with Gasteiger partial charge in [-0.25, -0.2) is 4.79 Å². The van der Waals surface area contributed by atoms with Gasteiger partial charge < -0.3 is 15.0 Å². The molecule has 2 aliphatic heterocycles. The van der Waals surface area contributed by atoms with E-state index in [4.69, 9.17) is 4.74 Å². The van der Waals surface area contributed by atoms with Crippen molar-refractivity contribution >= 4 is 6.09 Å². The molecular formula is C12H22N2O2. The predicted molar refractivity (Wildman–Crippen MR) is 62.4 cm³/mol. The van der Waals surface area contributed by atoms with Crippen LogP contribution in [0.1, 0.15) is 39.5 Å². The second kappa shape index (κ2) is 4.62. The van der Waals surface area contributed by atoms with Gasteiger partial charge in [0.25, 0.3) is 0 Å². The van der Waals surface area contributed by atoms with Crippen LogP contribution in [-0.4, -0.2) is 42.3 Å². The van der Waals surface area contributed by atoms with Crippen LogP contribution in [0, 0.1) is 0 Å². The summed E-state index contributed by atoms with van der Waals surface area (Å²) in [5, 5.41) is 2.77. The molecule has 2 fully saturated rings. The molecule has 0 aromatic heterocycles. The highest BCUT2D eigenvalue weighted by atomic mass is 16.6. The molecule has 0 unspecified atom stereocenters. The Morgan fingerprint density at radius 1 is 1.38 bits per heavy atom. The summed E-state index contributed by atoms with van der Waals surface area (Å²) >= 11 is 0. The van der Waals surface area contributed by atoms with Gasteiger partial charge in [0.1, 0.15) is 5.60 Å². The molecule has 2 saturated heterocycles. The average Bonchev–Trinajstić information content (AvgIpc) is 2.65. The van der Waals surface area contributed by atoms with Gasteiger partial charge in [0.2, 0.25) is 0 Å². The zero-order chi connectivity index (χ0) is 11.6. The number of likely N-dealkylation sites (tertiary alicyclic amines) is 1. The topological polar surface area (TPSA) is 41.6 Å². The first-order valence-electron chi connectivity index (χ1n) is 6.40. The quantitative estimate of drug-likeness (QED) is 0.797. The zero-order valence-electron chi connectivity index (χ0n) is 10.3. The van der Waals surface area contributed by atoms with Crippen molar-refractivity contribution < 1.29 is 9.53 Å². The lowest BCUT2D eigenvalue weighted by Gasteiger charge is -2.40. The van der Waals surface area contributed by atoms with Crippen molar-refractivity contribution in [3.63, 3.8) is 0 Å². The molecule has 0 aromatic carbocycles. The molecule has 0 bridgehead atoms. The number of carbonyl (C=O) groups is 1. The Kier molecular flexibility index (Phi) is 3.38. The van der Waals surface area contributed by atoms with Gasteiger partial charge in [-0.3, -0.25) is 0 Å². The van der Waals surface area contributed by atoms with E-state index < -0.39 is 0 Å². The minimum atomic E-state index is -0.240. The second-order valence-electron chi connectivity index (χ2n) is 4.93. The normalized spacial score (nSPS) is 24.8. The van der Waals surface area contributed by atoms with Gasteiger partial charge in [0.05, 0.1) is 6.54 Å². The molecule has 16 heavy (non-hydrogen) atoms. The van der Waals surface area contributed by atoms with Gasteiger partial charge in [0.15, 0.2) is 0 Å². The van der Waals surface area contributed by atoms with E-state index in [-0.39, 0.29) is 11.7 Å². The lowest BCUT2D eigenvalue weighted by Crippen LogP contribution is -2.49. The van der Waals surface area contributed by atoms with Crippen LogP contribution in [0.2, 0.25) is 0 Å². The summed E-state index contributed by atoms with van der Waals surface area (Å²) in [6.07, 6.45) is 4.13. The van der Waals surface area contributed by atoms with E-state index in [0.717, 1.165) is 25.9 Å². The molecule has 0 aliphatic carbocycles. The fourth-order valence-corrected chi connectivity index (χ4v) is 2.88. The van der Waals surface area contributed by atoms with Crippen molar-refractivity contribution in [2.75, 3.05) is 19.6 Å². The van der Waals surface area contributed by atoms with Gasteiger partial charge in [-0.05, 0) is 12.8 Å². The van der Waals surface area contributed by atoms with Gasteiger partial charge in [-0.2, -0.15) is 0 Å². The zero-order valence-corrected chi connectivity index (χ0v) is 10.3. The van der Waals surface area contributed by atoms with Crippen molar-refractivity contribution in [3.05, 3.63) is 0 Å². The summed E-state index contributed by atoms with van der Waals surface area (Å²) in [6, 6.07) is 0.697. The first kappa shape index (κ1) is 11.7. The number of nitrogens with one attached hydrogen (secondary N) is 1. The SMILES string of the molecule is CCC(CC)N1CCC2(CC1)CNC(=O)O2. The summed E-state index contributed by atoms with van der Waals surface area (Å²) in [5.41, 5.74) is -0.195. The number of hydrogen-bond acceptors (Lipinski definition) is 3. The maximum Gasteiger partial charge on any atom is 0.407 e. The Morgan fingerprint density at radius 2 is 2.00 bits per heavy atom. The largest absolute Gasteiger partial charge is 0.441 e. The van der Waals surface area contributed by atoms with Crippen molar-refractivity contribution in [1.29, 1.82) is 0 Å². The maximum absolute atomic E-state index is 11.1. The highest BCUT2D eigenvalue weighted by Crippen LogP contribution is 2.30. The van der Waals surface area contributed by atoms with Crippen LogP contribution in [0.4, 0.5) is 4.79 Å². The fraction of sp³-hybridized carbons (Fsp3) is 0.917. The van der Waals surface area contributed by atoms with Crippen LogP contribution in [0.5, 0.6) is 0 Å². The Bertz CT molecular complexity index is 256. The van der Waals surface area contributed by atoms with Crippen LogP contribution in [-0.2, 0) is 4.74 Å². The Hall–Kier alpha value is -0.770. The summed E-state index contributed by atoms with van der Waals surface area (Å²) < 4.78 is 5.41. The van der Waals surface area contributed by atoms with E-state index in [9.17, 15) is 4.79 Å². The number of amides is 1. The number of piperidine rings is 1. The molecule has 0 aromatic rings. The number of alkyl carbamates (subject to hydrolysis) is 1. The molecule has 0 radical (unpaired) electrons. The van der Waals surface area contributed by atoms with Crippen molar-refractivity contribution in [2.45, 2.75) is 51.2 Å². The number of ether oxygens (including phenoxy) is 1. The Labute approximate surface area is 97.3 Å². The summed E-state index contributed by atoms with van der Waals surface area (Å²) in [5.74, 6) is 0. The molecule has 2 heterocycles. The summed E-state index contributed by atoms with van der Waals surface area (Å²) in [7, 11) is 0. The third-order valence-electron chi connectivity index (χ3n) is 4.03. The molecule has 2 aliphatic rings. The Balaban J connectivity index is 1.89. The molecule has 1 spiro atoms. The van der Waals surface area contributed by atoms with Crippen LogP contribution < -0.4 is 5.32 Å². The van der Waals surface area contributed by atoms with Crippen molar-refractivity contribution in [3.8, 4) is 0 Å². The van der Waals surface area contributed by atoms with E-state index >= 15 is 0 Å². The molecule has 0 atom stereocenters. The predicted octanol–water partition coefficient (Wildman–Crippen LogP) is 1.75. The van der Waals surface area contributed by atoms with Crippen molar-refractivity contribution in [1.82, 2.24) is 10.2 Å². The maximum atomic E-state index is 11.1. The molecule has 0 saturated carbocycles. The highest BCUT2D eigenvalue weighted by Gasteiger charge is 2.43. The van der Waals surface area contributed by atoms with E-state index in [0.29, 0.717) is 12.6 Å². The first-order chi connectivity index (χ1) is 7.69. The molecule has 4 heteroatoms. The molecule has 92 valence electrons. The standard InChI is InChI=1S/C12H22N2O2/c1-3-10(4-2)14-7-5-12(6-8-14)9-13-11(15)16-12/h10H,3-9H2,1-2H3,(H,13,15). The van der Waals surface area contributed by atoms with Gasteiger partial charge in [0, 0.05) is 32.0 Å². The van der Waals surface area contributed by atoms with E-state index in [1.807, 2.05) is 0 Å². The van der Waals surface area contributed by atoms with Crippen LogP contribution in [0.15, 0.2) is 0 Å². The average molecular weight is 226 g/mol. The minimum Gasteiger partial charge on any atom is -0.441 e. The number of hydrogen-bond donors (Lipinski definition) is 1. The van der Waals surface area contributed by atoms with Crippen LogP contribution in [0.3, 0.4) is 0 Å².